The van der Waals surface area contributed by atoms with E-state index in [9.17, 15) is 9.90 Å². The SMILES string of the molecule is NCc1ccc(NC(=O)CN2CCC(O)C2)cc1. The summed E-state index contributed by atoms with van der Waals surface area (Å²) in [5, 5.41) is 12.2. The second-order valence-corrected chi connectivity index (χ2v) is 4.63. The number of likely N-dealkylation sites (tertiary alicyclic amines) is 1. The topological polar surface area (TPSA) is 78.6 Å². The molecule has 1 saturated heterocycles. The number of nitrogens with two attached hydrogens (primary N) is 1. The number of aliphatic hydroxyl groups excluding tert-OH is 1. The van der Waals surface area contributed by atoms with Gasteiger partial charge in [-0.05, 0) is 24.1 Å². The van der Waals surface area contributed by atoms with E-state index >= 15 is 0 Å². The molecule has 1 unspecified atom stereocenters. The predicted octanol–water partition coefficient (Wildman–Crippen LogP) is 0.150. The van der Waals surface area contributed by atoms with Crippen LogP contribution >= 0.6 is 0 Å². The molecule has 0 spiro atoms. The zero-order chi connectivity index (χ0) is 13.0. The Labute approximate surface area is 107 Å². The summed E-state index contributed by atoms with van der Waals surface area (Å²) in [6.07, 6.45) is 0.458. The number of nitrogens with zero attached hydrogens (tertiary/aromatic N) is 1. The summed E-state index contributed by atoms with van der Waals surface area (Å²) >= 11 is 0. The Morgan fingerprint density at radius 1 is 1.44 bits per heavy atom. The molecule has 1 fully saturated rings. The second kappa shape index (κ2) is 5.95. The number of amides is 1. The van der Waals surface area contributed by atoms with Crippen molar-refractivity contribution in [3.8, 4) is 0 Å². The number of benzene rings is 1. The molecule has 5 heteroatoms. The standard InChI is InChI=1S/C13H19N3O2/c14-7-10-1-3-11(4-2-10)15-13(18)9-16-6-5-12(17)8-16/h1-4,12,17H,5-9,14H2,(H,15,18). The number of hydrogen-bond donors (Lipinski definition) is 3. The first kappa shape index (κ1) is 13.0. The fourth-order valence-electron chi connectivity index (χ4n) is 2.08. The van der Waals surface area contributed by atoms with E-state index in [-0.39, 0.29) is 12.0 Å². The van der Waals surface area contributed by atoms with Gasteiger partial charge >= 0.3 is 0 Å². The van der Waals surface area contributed by atoms with E-state index in [2.05, 4.69) is 5.32 Å². The molecule has 0 radical (unpaired) electrons. The van der Waals surface area contributed by atoms with Crippen molar-refractivity contribution >= 4 is 11.6 Å². The summed E-state index contributed by atoms with van der Waals surface area (Å²) < 4.78 is 0. The molecule has 0 saturated carbocycles. The lowest BCUT2D eigenvalue weighted by molar-refractivity contribution is -0.117. The first-order valence-electron chi connectivity index (χ1n) is 6.16. The molecular weight excluding hydrogens is 230 g/mol. The van der Waals surface area contributed by atoms with Crippen LogP contribution in [0.3, 0.4) is 0 Å². The van der Waals surface area contributed by atoms with E-state index in [0.717, 1.165) is 24.2 Å². The quantitative estimate of drug-likeness (QED) is 0.710. The predicted molar refractivity (Wildman–Crippen MR) is 70.0 cm³/mol. The van der Waals surface area contributed by atoms with E-state index < -0.39 is 0 Å². The normalized spacial score (nSPS) is 20.0. The van der Waals surface area contributed by atoms with Crippen molar-refractivity contribution in [2.75, 3.05) is 25.0 Å². The fraction of sp³-hybridized carbons (Fsp3) is 0.462. The van der Waals surface area contributed by atoms with Gasteiger partial charge in [0.15, 0.2) is 0 Å². The first-order chi connectivity index (χ1) is 8.67. The molecule has 2 rings (SSSR count). The average molecular weight is 249 g/mol. The van der Waals surface area contributed by atoms with Crippen LogP contribution < -0.4 is 11.1 Å². The molecule has 1 aromatic carbocycles. The van der Waals surface area contributed by atoms with Gasteiger partial charge in [-0.2, -0.15) is 0 Å². The summed E-state index contributed by atoms with van der Waals surface area (Å²) in [5.41, 5.74) is 7.32. The Morgan fingerprint density at radius 2 is 2.17 bits per heavy atom. The Bertz CT molecular complexity index is 405. The lowest BCUT2D eigenvalue weighted by atomic mass is 10.2. The number of nitrogens with one attached hydrogen (secondary N) is 1. The van der Waals surface area contributed by atoms with Crippen molar-refractivity contribution in [1.82, 2.24) is 4.90 Å². The van der Waals surface area contributed by atoms with Crippen molar-refractivity contribution < 1.29 is 9.90 Å². The number of β-amino-alcohol motifs (C(OH)–C–C–N with tert-alkyl or cyclic N) is 1. The van der Waals surface area contributed by atoms with Crippen LogP contribution in [0.4, 0.5) is 5.69 Å². The maximum atomic E-state index is 11.8. The summed E-state index contributed by atoms with van der Waals surface area (Å²) in [6.45, 7) is 2.19. The van der Waals surface area contributed by atoms with Crippen LogP contribution in [-0.4, -0.2) is 41.7 Å². The highest BCUT2D eigenvalue weighted by atomic mass is 16.3. The molecule has 1 aromatic rings. The third-order valence-corrected chi connectivity index (χ3v) is 3.09. The first-order valence-corrected chi connectivity index (χ1v) is 6.16. The van der Waals surface area contributed by atoms with Crippen LogP contribution in [0.25, 0.3) is 0 Å². The molecule has 1 heterocycles. The molecule has 1 amide bonds. The van der Waals surface area contributed by atoms with Crippen LogP contribution in [0.5, 0.6) is 0 Å². The van der Waals surface area contributed by atoms with Gasteiger partial charge < -0.3 is 16.2 Å². The van der Waals surface area contributed by atoms with Crippen LogP contribution in [0.2, 0.25) is 0 Å². The highest BCUT2D eigenvalue weighted by Crippen LogP contribution is 2.11. The number of hydrogen-bond acceptors (Lipinski definition) is 4. The number of carbonyl (C=O) groups excluding carboxylic acids is 1. The molecule has 0 aliphatic carbocycles. The van der Waals surface area contributed by atoms with Crippen LogP contribution in [0.15, 0.2) is 24.3 Å². The lowest BCUT2D eigenvalue weighted by Gasteiger charge is -2.14. The van der Waals surface area contributed by atoms with Gasteiger partial charge in [0.2, 0.25) is 5.91 Å². The van der Waals surface area contributed by atoms with Crippen molar-refractivity contribution in [3.05, 3.63) is 29.8 Å². The van der Waals surface area contributed by atoms with Gasteiger partial charge in [0.05, 0.1) is 12.6 Å². The van der Waals surface area contributed by atoms with Gasteiger partial charge in [-0.3, -0.25) is 9.69 Å². The molecule has 1 aliphatic heterocycles. The Balaban J connectivity index is 1.83. The van der Waals surface area contributed by atoms with E-state index in [1.165, 1.54) is 0 Å². The van der Waals surface area contributed by atoms with Crippen molar-refractivity contribution in [2.45, 2.75) is 19.1 Å². The molecule has 1 atom stereocenters. The summed E-state index contributed by atoms with van der Waals surface area (Å²) in [5.74, 6) is -0.0513. The van der Waals surface area contributed by atoms with Crippen LogP contribution in [0.1, 0.15) is 12.0 Å². The Hall–Kier alpha value is -1.43. The molecule has 0 aromatic heterocycles. The van der Waals surface area contributed by atoms with Crippen LogP contribution in [-0.2, 0) is 11.3 Å². The van der Waals surface area contributed by atoms with E-state index in [1.54, 1.807) is 0 Å². The van der Waals surface area contributed by atoms with Crippen LogP contribution in [0, 0.1) is 0 Å². The minimum absolute atomic E-state index is 0.0513. The van der Waals surface area contributed by atoms with Gasteiger partial charge in [-0.1, -0.05) is 12.1 Å². The zero-order valence-electron chi connectivity index (χ0n) is 10.3. The smallest absolute Gasteiger partial charge is 0.238 e. The number of aliphatic hydroxyl groups is 1. The van der Waals surface area contributed by atoms with Crippen molar-refractivity contribution in [2.24, 2.45) is 5.73 Å². The van der Waals surface area contributed by atoms with E-state index in [1.807, 2.05) is 29.2 Å². The minimum atomic E-state index is -0.290. The monoisotopic (exact) mass is 249 g/mol. The Kier molecular flexibility index (Phi) is 4.30. The maximum Gasteiger partial charge on any atom is 0.238 e. The molecule has 98 valence electrons. The second-order valence-electron chi connectivity index (χ2n) is 4.63. The van der Waals surface area contributed by atoms with Gasteiger partial charge in [0, 0.05) is 25.3 Å². The molecule has 5 nitrogen and oxygen atoms in total. The third-order valence-electron chi connectivity index (χ3n) is 3.09. The zero-order valence-corrected chi connectivity index (χ0v) is 10.3. The summed E-state index contributed by atoms with van der Waals surface area (Å²) in [4.78, 5) is 13.7. The van der Waals surface area contributed by atoms with Crippen molar-refractivity contribution in [3.63, 3.8) is 0 Å². The van der Waals surface area contributed by atoms with E-state index in [0.29, 0.717) is 19.6 Å². The molecular formula is C13H19N3O2. The average Bonchev–Trinajstić information content (AvgIpc) is 2.75. The number of anilines is 1. The fourth-order valence-corrected chi connectivity index (χ4v) is 2.08. The molecule has 18 heavy (non-hydrogen) atoms. The highest BCUT2D eigenvalue weighted by Gasteiger charge is 2.21. The largest absolute Gasteiger partial charge is 0.392 e. The Morgan fingerprint density at radius 3 is 2.72 bits per heavy atom. The summed E-state index contributed by atoms with van der Waals surface area (Å²) in [6, 6.07) is 7.49. The summed E-state index contributed by atoms with van der Waals surface area (Å²) in [7, 11) is 0. The van der Waals surface area contributed by atoms with Gasteiger partial charge in [-0.15, -0.1) is 0 Å². The van der Waals surface area contributed by atoms with Gasteiger partial charge in [0.25, 0.3) is 0 Å². The molecule has 4 N–H and O–H groups in total. The third kappa shape index (κ3) is 3.53. The molecule has 1 aliphatic rings. The number of carbonyl (C=O) groups is 1. The minimum Gasteiger partial charge on any atom is -0.392 e. The molecule has 0 bridgehead atoms. The van der Waals surface area contributed by atoms with Crippen molar-refractivity contribution in [1.29, 1.82) is 0 Å². The van der Waals surface area contributed by atoms with Gasteiger partial charge in [0.1, 0.15) is 0 Å². The van der Waals surface area contributed by atoms with E-state index in [4.69, 9.17) is 5.73 Å². The van der Waals surface area contributed by atoms with Gasteiger partial charge in [-0.25, -0.2) is 0 Å². The number of rotatable bonds is 4. The lowest BCUT2D eigenvalue weighted by Crippen LogP contribution is -2.32. The maximum absolute atomic E-state index is 11.8. The highest BCUT2D eigenvalue weighted by molar-refractivity contribution is 5.92.